The molecule has 0 aliphatic carbocycles. The zero-order chi connectivity index (χ0) is 13.7. The van der Waals surface area contributed by atoms with Gasteiger partial charge in [-0.3, -0.25) is 9.59 Å². The lowest BCUT2D eigenvalue weighted by Gasteiger charge is -2.17. The van der Waals surface area contributed by atoms with Crippen LogP contribution >= 0.6 is 0 Å². The van der Waals surface area contributed by atoms with Gasteiger partial charge in [0.2, 0.25) is 11.8 Å². The van der Waals surface area contributed by atoms with E-state index in [1.165, 1.54) is 19.1 Å². The van der Waals surface area contributed by atoms with Gasteiger partial charge in [0.25, 0.3) is 0 Å². The molecule has 0 radical (unpaired) electrons. The Hall–Kier alpha value is -2.08. The second-order valence-electron chi connectivity index (χ2n) is 4.12. The van der Waals surface area contributed by atoms with Gasteiger partial charge in [0.1, 0.15) is 11.8 Å². The lowest BCUT2D eigenvalue weighted by Crippen LogP contribution is -2.50. The second-order valence-corrected chi connectivity index (χ2v) is 4.12. The predicted molar refractivity (Wildman–Crippen MR) is 66.6 cm³/mol. The number of amides is 2. The van der Waals surface area contributed by atoms with Crippen LogP contribution in [0, 0.1) is 0 Å². The maximum Gasteiger partial charge on any atom is 0.240 e. The molecular weight excluding hydrogens is 234 g/mol. The van der Waals surface area contributed by atoms with Crippen molar-refractivity contribution >= 4 is 11.8 Å². The van der Waals surface area contributed by atoms with Crippen molar-refractivity contribution in [1.82, 2.24) is 5.32 Å². The van der Waals surface area contributed by atoms with Gasteiger partial charge in [-0.2, -0.15) is 0 Å². The summed E-state index contributed by atoms with van der Waals surface area (Å²) in [7, 11) is 0. The zero-order valence-electron chi connectivity index (χ0n) is 10.1. The smallest absolute Gasteiger partial charge is 0.240 e. The highest BCUT2D eigenvalue weighted by atomic mass is 16.3. The Balaban J connectivity index is 2.72. The van der Waals surface area contributed by atoms with Crippen LogP contribution in [0.3, 0.4) is 0 Å². The van der Waals surface area contributed by atoms with E-state index in [0.29, 0.717) is 0 Å². The number of rotatable bonds is 5. The number of nitrogens with two attached hydrogens (primary N) is 2. The number of aromatic hydroxyl groups is 1. The quantitative estimate of drug-likeness (QED) is 0.550. The number of carbonyl (C=O) groups is 2. The first-order chi connectivity index (χ1) is 8.40. The summed E-state index contributed by atoms with van der Waals surface area (Å²) in [5.74, 6) is -0.927. The van der Waals surface area contributed by atoms with Crippen molar-refractivity contribution in [2.45, 2.75) is 25.4 Å². The third-order valence-electron chi connectivity index (χ3n) is 2.45. The molecule has 2 amide bonds. The highest BCUT2D eigenvalue weighted by Gasteiger charge is 2.20. The van der Waals surface area contributed by atoms with Crippen LogP contribution in [0.25, 0.3) is 0 Å². The van der Waals surface area contributed by atoms with Crippen molar-refractivity contribution in [2.24, 2.45) is 11.5 Å². The van der Waals surface area contributed by atoms with Gasteiger partial charge in [-0.05, 0) is 24.6 Å². The van der Waals surface area contributed by atoms with E-state index in [4.69, 9.17) is 16.6 Å². The maximum absolute atomic E-state index is 11.4. The summed E-state index contributed by atoms with van der Waals surface area (Å²) in [5.41, 5.74) is 11.4. The Bertz CT molecular complexity index is 429. The number of hydrogen-bond donors (Lipinski definition) is 4. The highest BCUT2D eigenvalue weighted by molar-refractivity contribution is 5.88. The molecule has 6 N–H and O–H groups in total. The van der Waals surface area contributed by atoms with Gasteiger partial charge in [0, 0.05) is 6.42 Å². The number of phenolic OH excluding ortho intramolecular Hbond substituents is 1. The Kier molecular flexibility index (Phi) is 4.67. The fourth-order valence-electron chi connectivity index (χ4n) is 1.39. The van der Waals surface area contributed by atoms with E-state index < -0.39 is 23.9 Å². The monoisotopic (exact) mass is 251 g/mol. The molecule has 0 aliphatic heterocycles. The fraction of sp³-hybridized carbons (Fsp3) is 0.333. The first kappa shape index (κ1) is 14.0. The summed E-state index contributed by atoms with van der Waals surface area (Å²) < 4.78 is 0. The molecule has 0 saturated carbocycles. The predicted octanol–water partition coefficient (Wildman–Crippen LogP) is -0.748. The van der Waals surface area contributed by atoms with Crippen LogP contribution in [-0.4, -0.2) is 29.0 Å². The number of hydrogen-bond acceptors (Lipinski definition) is 4. The van der Waals surface area contributed by atoms with Gasteiger partial charge >= 0.3 is 0 Å². The molecule has 0 unspecified atom stereocenters. The number of nitrogens with one attached hydrogen (secondary N) is 1. The molecule has 0 saturated heterocycles. The molecule has 1 aromatic carbocycles. The maximum atomic E-state index is 11.4. The molecule has 1 rings (SSSR count). The van der Waals surface area contributed by atoms with E-state index in [1.54, 1.807) is 12.1 Å². The van der Waals surface area contributed by atoms with Gasteiger partial charge in [0.05, 0.1) is 6.04 Å². The van der Waals surface area contributed by atoms with Gasteiger partial charge in [-0.25, -0.2) is 0 Å². The Morgan fingerprint density at radius 2 is 1.89 bits per heavy atom. The molecule has 0 fully saturated rings. The van der Waals surface area contributed by atoms with Crippen molar-refractivity contribution in [3.63, 3.8) is 0 Å². The minimum Gasteiger partial charge on any atom is -0.508 e. The number of carbonyl (C=O) groups excluding carboxylic acids is 2. The van der Waals surface area contributed by atoms with Gasteiger partial charge < -0.3 is 21.9 Å². The normalized spacial score (nSPS) is 13.7. The van der Waals surface area contributed by atoms with Crippen LogP contribution < -0.4 is 16.8 Å². The third-order valence-corrected chi connectivity index (χ3v) is 2.45. The van der Waals surface area contributed by atoms with Crippen molar-refractivity contribution in [2.75, 3.05) is 0 Å². The molecule has 0 heterocycles. The number of benzene rings is 1. The standard InChI is InChI=1S/C12H17N3O3/c1-7(13)12(18)15-10(11(14)17)6-8-2-4-9(16)5-3-8/h2-5,7,10,16H,6,13H2,1H3,(H2,14,17)(H,15,18)/t7-,10+/m1/s1. The van der Waals surface area contributed by atoms with Gasteiger partial charge in [0.15, 0.2) is 0 Å². The molecule has 0 aromatic heterocycles. The molecule has 18 heavy (non-hydrogen) atoms. The van der Waals surface area contributed by atoms with E-state index in [-0.39, 0.29) is 12.2 Å². The number of primary amides is 1. The largest absolute Gasteiger partial charge is 0.508 e. The first-order valence-electron chi connectivity index (χ1n) is 5.53. The molecule has 0 bridgehead atoms. The molecule has 2 atom stereocenters. The highest BCUT2D eigenvalue weighted by Crippen LogP contribution is 2.11. The molecule has 6 nitrogen and oxygen atoms in total. The van der Waals surface area contributed by atoms with Crippen LogP contribution in [-0.2, 0) is 16.0 Å². The average Bonchev–Trinajstić information content (AvgIpc) is 2.30. The van der Waals surface area contributed by atoms with Crippen LogP contribution in [0.5, 0.6) is 5.75 Å². The minimum absolute atomic E-state index is 0.133. The van der Waals surface area contributed by atoms with Crippen molar-refractivity contribution in [3.8, 4) is 5.75 Å². The van der Waals surface area contributed by atoms with Crippen molar-refractivity contribution in [1.29, 1.82) is 0 Å². The van der Waals surface area contributed by atoms with E-state index in [9.17, 15) is 9.59 Å². The van der Waals surface area contributed by atoms with Crippen LogP contribution in [0.2, 0.25) is 0 Å². The Labute approximate surface area is 105 Å². The SMILES string of the molecule is C[C@@H](N)C(=O)N[C@@H](Cc1ccc(O)cc1)C(N)=O. The number of phenols is 1. The summed E-state index contributed by atoms with van der Waals surface area (Å²) in [5, 5.41) is 11.6. The summed E-state index contributed by atoms with van der Waals surface area (Å²) in [6, 6.07) is 4.80. The molecule has 6 heteroatoms. The van der Waals surface area contributed by atoms with Crippen molar-refractivity contribution in [3.05, 3.63) is 29.8 Å². The van der Waals surface area contributed by atoms with Crippen molar-refractivity contribution < 1.29 is 14.7 Å². The van der Waals surface area contributed by atoms with E-state index >= 15 is 0 Å². The van der Waals surface area contributed by atoms with Gasteiger partial charge in [-0.15, -0.1) is 0 Å². The summed E-state index contributed by atoms with van der Waals surface area (Å²) >= 11 is 0. The summed E-state index contributed by atoms with van der Waals surface area (Å²) in [4.78, 5) is 22.7. The second kappa shape index (κ2) is 6.02. The summed E-state index contributed by atoms with van der Waals surface area (Å²) in [6.07, 6.45) is 0.258. The van der Waals surface area contributed by atoms with E-state index in [0.717, 1.165) is 5.56 Å². The van der Waals surface area contributed by atoms with E-state index in [1.807, 2.05) is 0 Å². The molecule has 0 spiro atoms. The Morgan fingerprint density at radius 3 is 2.33 bits per heavy atom. The van der Waals surface area contributed by atoms with Gasteiger partial charge in [-0.1, -0.05) is 12.1 Å². The Morgan fingerprint density at radius 1 is 1.33 bits per heavy atom. The van der Waals surface area contributed by atoms with Crippen LogP contribution in [0.1, 0.15) is 12.5 Å². The summed E-state index contributed by atoms with van der Waals surface area (Å²) in [6.45, 7) is 1.52. The first-order valence-corrected chi connectivity index (χ1v) is 5.53. The molecule has 1 aromatic rings. The molecule has 0 aliphatic rings. The lowest BCUT2D eigenvalue weighted by atomic mass is 10.0. The average molecular weight is 251 g/mol. The molecule has 98 valence electrons. The lowest BCUT2D eigenvalue weighted by molar-refractivity contribution is -0.127. The fourth-order valence-corrected chi connectivity index (χ4v) is 1.39. The molecular formula is C12H17N3O3. The third kappa shape index (κ3) is 4.06. The zero-order valence-corrected chi connectivity index (χ0v) is 10.1. The minimum atomic E-state index is -0.812. The van der Waals surface area contributed by atoms with E-state index in [2.05, 4.69) is 5.32 Å². The van der Waals surface area contributed by atoms with Crippen LogP contribution in [0.4, 0.5) is 0 Å². The topological polar surface area (TPSA) is 118 Å². The van der Waals surface area contributed by atoms with Crippen LogP contribution in [0.15, 0.2) is 24.3 Å².